The van der Waals surface area contributed by atoms with E-state index in [0.717, 1.165) is 6.20 Å². The molecule has 5 aromatic rings. The van der Waals surface area contributed by atoms with E-state index in [1.165, 1.54) is 30.7 Å². The number of aryl methyl sites for hydroxylation is 1. The van der Waals surface area contributed by atoms with Gasteiger partial charge in [-0.15, -0.1) is 10.2 Å². The third-order valence-electron chi connectivity index (χ3n) is 6.82. The Balaban J connectivity index is 1.59. The number of benzene rings is 2. The van der Waals surface area contributed by atoms with Crippen molar-refractivity contribution in [1.82, 2.24) is 29.6 Å². The van der Waals surface area contributed by atoms with Crippen molar-refractivity contribution in [3.05, 3.63) is 94.5 Å². The largest absolute Gasteiger partial charge is 0.406 e. The molecule has 0 aliphatic heterocycles. The number of carbonyl (C=O) groups excluding carboxylic acids is 1. The van der Waals surface area contributed by atoms with Gasteiger partial charge in [-0.3, -0.25) is 14.6 Å². The molecule has 5 rings (SSSR count). The molecule has 9 nitrogen and oxygen atoms in total. The number of alkyl halides is 3. The summed E-state index contributed by atoms with van der Waals surface area (Å²) in [5.41, 5.74) is 1.00. The number of fused-ring (bicyclic) bond motifs is 1. The van der Waals surface area contributed by atoms with Crippen LogP contribution in [0.25, 0.3) is 33.4 Å². The SMILES string of the molecule is CC(C)CNCc1cc(C(=O)Nc2cc(-c3ccc(F)cc3-c3nncn3C)cc3cccnc23)c(=O)n(CC(F)(F)F)c1. The molecule has 1 amide bonds. The first-order chi connectivity index (χ1) is 20.9. The van der Waals surface area contributed by atoms with Crippen molar-refractivity contribution in [3.8, 4) is 22.5 Å². The molecule has 0 atom stereocenters. The molecule has 228 valence electrons. The van der Waals surface area contributed by atoms with Gasteiger partial charge in [0.25, 0.3) is 11.5 Å². The van der Waals surface area contributed by atoms with Crippen molar-refractivity contribution in [2.45, 2.75) is 33.1 Å². The molecule has 0 bridgehead atoms. The second-order valence-corrected chi connectivity index (χ2v) is 10.8. The highest BCUT2D eigenvalue weighted by Crippen LogP contribution is 2.36. The average molecular weight is 608 g/mol. The van der Waals surface area contributed by atoms with Crippen LogP contribution >= 0.6 is 0 Å². The molecule has 0 spiro atoms. The zero-order chi connectivity index (χ0) is 31.6. The van der Waals surface area contributed by atoms with Crippen LogP contribution in [0.5, 0.6) is 0 Å². The molecule has 0 saturated heterocycles. The van der Waals surface area contributed by atoms with Crippen LogP contribution in [-0.2, 0) is 20.1 Å². The number of carbonyl (C=O) groups is 1. The average Bonchev–Trinajstić information content (AvgIpc) is 3.39. The number of hydrogen-bond acceptors (Lipinski definition) is 6. The number of rotatable bonds is 9. The van der Waals surface area contributed by atoms with E-state index in [1.807, 2.05) is 19.9 Å². The van der Waals surface area contributed by atoms with E-state index in [1.54, 1.807) is 35.9 Å². The van der Waals surface area contributed by atoms with Gasteiger partial charge in [-0.25, -0.2) is 4.39 Å². The Labute approximate surface area is 249 Å². The molecule has 3 heterocycles. The first-order valence-corrected chi connectivity index (χ1v) is 13.7. The standard InChI is InChI=1S/C31H29F4N7O2/c1-18(2)13-36-14-19-9-25(30(44)42(15-19)16-31(33,34)35)29(43)39-26-11-21(10-20-5-4-8-37-27(20)26)23-7-6-22(32)12-24(23)28-40-38-17-41(28)3/h4-12,15,17-18,36H,13-14,16H2,1-3H3,(H,39,43). The van der Waals surface area contributed by atoms with Crippen LogP contribution in [0.3, 0.4) is 0 Å². The van der Waals surface area contributed by atoms with Gasteiger partial charge in [0.2, 0.25) is 0 Å². The van der Waals surface area contributed by atoms with E-state index in [0.29, 0.717) is 50.1 Å². The minimum absolute atomic E-state index is 0.159. The number of amides is 1. The minimum Gasteiger partial charge on any atom is -0.320 e. The van der Waals surface area contributed by atoms with Crippen molar-refractivity contribution in [2.24, 2.45) is 13.0 Å². The molecule has 0 fully saturated rings. The quantitative estimate of drug-likeness (QED) is 0.213. The second kappa shape index (κ2) is 12.4. The monoisotopic (exact) mass is 607 g/mol. The first-order valence-electron chi connectivity index (χ1n) is 13.7. The highest BCUT2D eigenvalue weighted by molar-refractivity contribution is 6.09. The van der Waals surface area contributed by atoms with Gasteiger partial charge in [0.1, 0.15) is 24.3 Å². The number of hydrogen-bond donors (Lipinski definition) is 2. The van der Waals surface area contributed by atoms with Gasteiger partial charge in [0.15, 0.2) is 5.82 Å². The number of nitrogens with one attached hydrogen (secondary N) is 2. The lowest BCUT2D eigenvalue weighted by Gasteiger charge is -2.16. The fraction of sp³-hybridized carbons (Fsp3) is 0.258. The van der Waals surface area contributed by atoms with Crippen LogP contribution < -0.4 is 16.2 Å². The summed E-state index contributed by atoms with van der Waals surface area (Å²) in [7, 11) is 1.72. The molecule has 44 heavy (non-hydrogen) atoms. The Kier molecular flexibility index (Phi) is 8.59. The Bertz CT molecular complexity index is 1900. The molecule has 0 unspecified atom stereocenters. The van der Waals surface area contributed by atoms with E-state index in [-0.39, 0.29) is 18.2 Å². The number of aromatic nitrogens is 5. The third kappa shape index (κ3) is 6.83. The van der Waals surface area contributed by atoms with Crippen molar-refractivity contribution in [3.63, 3.8) is 0 Å². The van der Waals surface area contributed by atoms with Crippen molar-refractivity contribution in [2.75, 3.05) is 11.9 Å². The molecule has 0 aliphatic carbocycles. The molecular weight excluding hydrogens is 578 g/mol. The lowest BCUT2D eigenvalue weighted by Crippen LogP contribution is -2.34. The van der Waals surface area contributed by atoms with Gasteiger partial charge in [-0.05, 0) is 65.6 Å². The topological polar surface area (TPSA) is 107 Å². The van der Waals surface area contributed by atoms with Gasteiger partial charge < -0.3 is 19.8 Å². The smallest absolute Gasteiger partial charge is 0.320 e. The zero-order valence-electron chi connectivity index (χ0n) is 24.1. The second-order valence-electron chi connectivity index (χ2n) is 10.8. The maximum atomic E-state index is 14.4. The summed E-state index contributed by atoms with van der Waals surface area (Å²) in [6.45, 7) is 3.16. The lowest BCUT2D eigenvalue weighted by atomic mass is 9.96. The van der Waals surface area contributed by atoms with Crippen molar-refractivity contribution < 1.29 is 22.4 Å². The first kappa shape index (κ1) is 30.5. The van der Waals surface area contributed by atoms with Gasteiger partial charge >= 0.3 is 6.18 Å². The van der Waals surface area contributed by atoms with Crippen LogP contribution in [0.1, 0.15) is 29.8 Å². The highest BCUT2D eigenvalue weighted by atomic mass is 19.4. The Hall–Kier alpha value is -4.91. The van der Waals surface area contributed by atoms with Crippen molar-refractivity contribution in [1.29, 1.82) is 0 Å². The third-order valence-corrected chi connectivity index (χ3v) is 6.82. The molecule has 2 aromatic carbocycles. The Morgan fingerprint density at radius 1 is 1.07 bits per heavy atom. The van der Waals surface area contributed by atoms with E-state index in [4.69, 9.17) is 0 Å². The fourth-order valence-electron chi connectivity index (χ4n) is 4.89. The van der Waals surface area contributed by atoms with E-state index in [2.05, 4.69) is 25.8 Å². The predicted octanol–water partition coefficient (Wildman–Crippen LogP) is 5.56. The fourth-order valence-corrected chi connectivity index (χ4v) is 4.89. The van der Waals surface area contributed by atoms with Gasteiger partial charge in [-0.1, -0.05) is 26.0 Å². The van der Waals surface area contributed by atoms with E-state index in [9.17, 15) is 27.2 Å². The predicted molar refractivity (Wildman–Crippen MR) is 158 cm³/mol. The van der Waals surface area contributed by atoms with Gasteiger partial charge in [-0.2, -0.15) is 13.2 Å². The minimum atomic E-state index is -4.68. The number of nitrogens with zero attached hydrogens (tertiary/aromatic N) is 5. The molecule has 3 aromatic heterocycles. The normalized spacial score (nSPS) is 11.8. The molecular formula is C31H29F4N7O2. The highest BCUT2D eigenvalue weighted by Gasteiger charge is 2.30. The lowest BCUT2D eigenvalue weighted by molar-refractivity contribution is -0.141. The summed E-state index contributed by atoms with van der Waals surface area (Å²) in [4.78, 5) is 31.1. The van der Waals surface area contributed by atoms with Gasteiger partial charge in [0, 0.05) is 36.9 Å². The maximum Gasteiger partial charge on any atom is 0.406 e. The molecule has 0 saturated carbocycles. The van der Waals surface area contributed by atoms with Crippen LogP contribution in [0.2, 0.25) is 0 Å². The van der Waals surface area contributed by atoms with Crippen LogP contribution in [-0.4, -0.2) is 42.9 Å². The van der Waals surface area contributed by atoms with Crippen molar-refractivity contribution >= 4 is 22.5 Å². The summed E-state index contributed by atoms with van der Waals surface area (Å²) in [6.07, 6.45) is -0.554. The number of pyridine rings is 2. The van der Waals surface area contributed by atoms with Gasteiger partial charge in [0.05, 0.1) is 11.2 Å². The zero-order valence-corrected chi connectivity index (χ0v) is 24.1. The Morgan fingerprint density at radius 3 is 2.57 bits per heavy atom. The summed E-state index contributed by atoms with van der Waals surface area (Å²) < 4.78 is 56.5. The molecule has 2 N–H and O–H groups in total. The van der Waals surface area contributed by atoms with Crippen LogP contribution in [0.4, 0.5) is 23.2 Å². The summed E-state index contributed by atoms with van der Waals surface area (Å²) in [5.74, 6) is -0.694. The molecule has 0 radical (unpaired) electrons. The summed E-state index contributed by atoms with van der Waals surface area (Å²) in [5, 5.41) is 14.4. The molecule has 13 heteroatoms. The van der Waals surface area contributed by atoms with E-state index < -0.39 is 35.6 Å². The van der Waals surface area contributed by atoms with Crippen LogP contribution in [0.15, 0.2) is 72.0 Å². The maximum absolute atomic E-state index is 14.4. The van der Waals surface area contributed by atoms with Crippen LogP contribution in [0, 0.1) is 11.7 Å². The van der Waals surface area contributed by atoms with E-state index >= 15 is 0 Å². The summed E-state index contributed by atoms with van der Waals surface area (Å²) >= 11 is 0. The summed E-state index contributed by atoms with van der Waals surface area (Å²) in [6, 6.07) is 12.4. The molecule has 0 aliphatic rings. The number of anilines is 1. The Morgan fingerprint density at radius 2 is 1.86 bits per heavy atom. The number of halogens is 4.